The lowest BCUT2D eigenvalue weighted by Gasteiger charge is -2.11. The molecule has 0 saturated carbocycles. The van der Waals surface area contributed by atoms with E-state index < -0.39 is 0 Å². The van der Waals surface area contributed by atoms with Crippen molar-refractivity contribution in [3.63, 3.8) is 0 Å². The zero-order chi connectivity index (χ0) is 13.8. The van der Waals surface area contributed by atoms with Gasteiger partial charge >= 0.3 is 0 Å². The maximum atomic E-state index is 4.69. The first-order chi connectivity index (χ1) is 9.13. The Morgan fingerprint density at radius 2 is 1.89 bits per heavy atom. The lowest BCUT2D eigenvalue weighted by molar-refractivity contribution is 0.539. The Balaban J connectivity index is 2.30. The van der Waals surface area contributed by atoms with Crippen LogP contribution in [0.25, 0.3) is 5.69 Å². The van der Waals surface area contributed by atoms with Gasteiger partial charge in [-0.1, -0.05) is 25.1 Å². The largest absolute Gasteiger partial charge is 0.319 e. The van der Waals surface area contributed by atoms with Gasteiger partial charge < -0.3 is 5.32 Å². The lowest BCUT2D eigenvalue weighted by Crippen LogP contribution is -2.18. The predicted molar refractivity (Wildman–Crippen MR) is 79.8 cm³/mol. The summed E-state index contributed by atoms with van der Waals surface area (Å²) >= 11 is 0. The van der Waals surface area contributed by atoms with Gasteiger partial charge in [-0.2, -0.15) is 5.10 Å². The molecule has 0 fully saturated rings. The first-order valence-electron chi connectivity index (χ1n) is 6.88. The highest BCUT2D eigenvalue weighted by molar-refractivity contribution is 5.37. The minimum atomic E-state index is 0.621. The Morgan fingerprint density at radius 1 is 1.21 bits per heavy atom. The van der Waals surface area contributed by atoms with Crippen molar-refractivity contribution in [1.29, 1.82) is 0 Å². The number of aromatic nitrogens is 2. The molecule has 0 aliphatic carbocycles. The quantitative estimate of drug-likeness (QED) is 0.892. The standard InChI is InChI=1S/C16H23N3/c1-12(11-17-4)10-16-13(2)18-19(14(16)3)15-8-6-5-7-9-15/h5-9,12,17H,10-11H2,1-4H3. The van der Waals surface area contributed by atoms with Crippen LogP contribution >= 0.6 is 0 Å². The molecule has 1 heterocycles. The molecule has 0 aliphatic rings. The number of para-hydroxylation sites is 1. The molecule has 102 valence electrons. The van der Waals surface area contributed by atoms with E-state index in [1.807, 2.05) is 13.1 Å². The van der Waals surface area contributed by atoms with Crippen molar-refractivity contribution in [3.05, 3.63) is 47.3 Å². The maximum absolute atomic E-state index is 4.69. The van der Waals surface area contributed by atoms with E-state index in [1.54, 1.807) is 0 Å². The fourth-order valence-corrected chi connectivity index (χ4v) is 2.56. The zero-order valence-corrected chi connectivity index (χ0v) is 12.3. The minimum Gasteiger partial charge on any atom is -0.319 e. The fourth-order valence-electron chi connectivity index (χ4n) is 2.56. The third-order valence-corrected chi connectivity index (χ3v) is 3.55. The van der Waals surface area contributed by atoms with E-state index in [1.165, 1.54) is 11.3 Å². The molecule has 1 N–H and O–H groups in total. The van der Waals surface area contributed by atoms with Crippen LogP contribution in [0.5, 0.6) is 0 Å². The predicted octanol–water partition coefficient (Wildman–Crippen LogP) is 2.89. The van der Waals surface area contributed by atoms with E-state index in [0.717, 1.165) is 24.3 Å². The highest BCUT2D eigenvalue weighted by Gasteiger charge is 2.14. The zero-order valence-electron chi connectivity index (χ0n) is 12.3. The normalized spacial score (nSPS) is 12.6. The summed E-state index contributed by atoms with van der Waals surface area (Å²) in [5, 5.41) is 7.93. The summed E-state index contributed by atoms with van der Waals surface area (Å²) in [5.41, 5.74) is 4.91. The first-order valence-corrected chi connectivity index (χ1v) is 6.88. The first kappa shape index (κ1) is 13.8. The molecule has 19 heavy (non-hydrogen) atoms. The van der Waals surface area contributed by atoms with E-state index in [4.69, 9.17) is 0 Å². The van der Waals surface area contributed by atoms with Gasteiger partial charge in [0.05, 0.1) is 11.4 Å². The van der Waals surface area contributed by atoms with Gasteiger partial charge in [0.15, 0.2) is 0 Å². The van der Waals surface area contributed by atoms with Crippen LogP contribution < -0.4 is 5.32 Å². The van der Waals surface area contributed by atoms with Crippen LogP contribution in [-0.4, -0.2) is 23.4 Å². The summed E-state index contributed by atoms with van der Waals surface area (Å²) in [7, 11) is 2.00. The molecule has 0 spiro atoms. The number of aryl methyl sites for hydroxylation is 1. The van der Waals surface area contributed by atoms with Crippen molar-refractivity contribution in [2.75, 3.05) is 13.6 Å². The average molecular weight is 257 g/mol. The Morgan fingerprint density at radius 3 is 2.53 bits per heavy atom. The number of nitrogens with one attached hydrogen (secondary N) is 1. The molecule has 1 aromatic carbocycles. The summed E-state index contributed by atoms with van der Waals surface area (Å²) in [6.45, 7) is 7.58. The second kappa shape index (κ2) is 6.02. The Bertz CT molecular complexity index is 528. The highest BCUT2D eigenvalue weighted by Crippen LogP contribution is 2.20. The molecule has 0 radical (unpaired) electrons. The number of benzene rings is 1. The van der Waals surface area contributed by atoms with Crippen LogP contribution in [0.2, 0.25) is 0 Å². The summed E-state index contributed by atoms with van der Waals surface area (Å²) in [6.07, 6.45) is 1.07. The SMILES string of the molecule is CNCC(C)Cc1c(C)nn(-c2ccccc2)c1C. The van der Waals surface area contributed by atoms with Crippen LogP contribution in [0, 0.1) is 19.8 Å². The monoisotopic (exact) mass is 257 g/mol. The molecule has 1 atom stereocenters. The minimum absolute atomic E-state index is 0.621. The van der Waals surface area contributed by atoms with Crippen LogP contribution in [-0.2, 0) is 6.42 Å². The number of hydrogen-bond acceptors (Lipinski definition) is 2. The maximum Gasteiger partial charge on any atom is 0.0648 e. The van der Waals surface area contributed by atoms with Gasteiger partial charge in [-0.25, -0.2) is 4.68 Å². The summed E-state index contributed by atoms with van der Waals surface area (Å²) < 4.78 is 2.05. The summed E-state index contributed by atoms with van der Waals surface area (Å²) in [5.74, 6) is 0.621. The Hall–Kier alpha value is -1.61. The lowest BCUT2D eigenvalue weighted by atomic mass is 9.99. The van der Waals surface area contributed by atoms with Gasteiger partial charge in [-0.05, 0) is 57.5 Å². The van der Waals surface area contributed by atoms with Crippen molar-refractivity contribution >= 4 is 0 Å². The fraction of sp³-hybridized carbons (Fsp3) is 0.438. The van der Waals surface area contributed by atoms with E-state index in [0.29, 0.717) is 5.92 Å². The van der Waals surface area contributed by atoms with Crippen molar-refractivity contribution in [2.24, 2.45) is 5.92 Å². The number of hydrogen-bond donors (Lipinski definition) is 1. The third-order valence-electron chi connectivity index (χ3n) is 3.55. The van der Waals surface area contributed by atoms with E-state index >= 15 is 0 Å². The summed E-state index contributed by atoms with van der Waals surface area (Å²) in [6, 6.07) is 10.3. The molecular formula is C16H23N3. The number of rotatable bonds is 5. The molecule has 2 rings (SSSR count). The number of nitrogens with zero attached hydrogens (tertiary/aromatic N) is 2. The molecule has 3 heteroatoms. The van der Waals surface area contributed by atoms with Gasteiger partial charge in [-0.3, -0.25) is 0 Å². The van der Waals surface area contributed by atoms with E-state index in [9.17, 15) is 0 Å². The van der Waals surface area contributed by atoms with Crippen LogP contribution in [0.3, 0.4) is 0 Å². The van der Waals surface area contributed by atoms with Crippen molar-refractivity contribution in [3.8, 4) is 5.69 Å². The van der Waals surface area contributed by atoms with Crippen molar-refractivity contribution in [1.82, 2.24) is 15.1 Å². The van der Waals surface area contributed by atoms with E-state index in [-0.39, 0.29) is 0 Å². The molecule has 2 aromatic rings. The molecular weight excluding hydrogens is 234 g/mol. The molecule has 3 nitrogen and oxygen atoms in total. The van der Waals surface area contributed by atoms with Crippen LogP contribution in [0.15, 0.2) is 30.3 Å². The Labute approximate surface area is 115 Å². The molecule has 0 bridgehead atoms. The molecule has 0 amide bonds. The molecule has 1 unspecified atom stereocenters. The van der Waals surface area contributed by atoms with E-state index in [2.05, 4.69) is 60.1 Å². The molecule has 1 aromatic heterocycles. The van der Waals surface area contributed by atoms with Gasteiger partial charge in [-0.15, -0.1) is 0 Å². The average Bonchev–Trinajstić information content (AvgIpc) is 2.68. The van der Waals surface area contributed by atoms with Crippen molar-refractivity contribution in [2.45, 2.75) is 27.2 Å². The van der Waals surface area contributed by atoms with Crippen LogP contribution in [0.4, 0.5) is 0 Å². The van der Waals surface area contributed by atoms with Gasteiger partial charge in [0.1, 0.15) is 0 Å². The van der Waals surface area contributed by atoms with Crippen LogP contribution in [0.1, 0.15) is 23.9 Å². The topological polar surface area (TPSA) is 29.9 Å². The van der Waals surface area contributed by atoms with Gasteiger partial charge in [0.2, 0.25) is 0 Å². The van der Waals surface area contributed by atoms with Gasteiger partial charge in [0, 0.05) is 5.69 Å². The highest BCUT2D eigenvalue weighted by atomic mass is 15.3. The second-order valence-electron chi connectivity index (χ2n) is 5.26. The Kier molecular flexibility index (Phi) is 4.38. The molecule has 0 saturated heterocycles. The second-order valence-corrected chi connectivity index (χ2v) is 5.26. The smallest absolute Gasteiger partial charge is 0.0648 e. The molecule has 0 aliphatic heterocycles. The van der Waals surface area contributed by atoms with Gasteiger partial charge in [0.25, 0.3) is 0 Å². The van der Waals surface area contributed by atoms with Crippen molar-refractivity contribution < 1.29 is 0 Å². The third kappa shape index (κ3) is 3.04. The summed E-state index contributed by atoms with van der Waals surface area (Å²) in [4.78, 5) is 0.